The van der Waals surface area contributed by atoms with Crippen LogP contribution in [0.5, 0.6) is 0 Å². The first-order valence-electron chi connectivity index (χ1n) is 7.46. The molecule has 0 amide bonds. The molecule has 0 fully saturated rings. The highest BCUT2D eigenvalue weighted by atomic mass is 16.5. The Kier molecular flexibility index (Phi) is 4.76. The lowest BCUT2D eigenvalue weighted by atomic mass is 9.78. The van der Waals surface area contributed by atoms with Crippen LogP contribution in [0, 0.1) is 5.92 Å². The van der Waals surface area contributed by atoms with E-state index in [0.29, 0.717) is 30.6 Å². The Bertz CT molecular complexity index is 473. The van der Waals surface area contributed by atoms with Gasteiger partial charge in [0, 0.05) is 17.9 Å². The quantitative estimate of drug-likeness (QED) is 0.785. The Labute approximate surface area is 119 Å². The van der Waals surface area contributed by atoms with E-state index in [1.54, 1.807) is 0 Å². The van der Waals surface area contributed by atoms with Gasteiger partial charge in [0.25, 0.3) is 0 Å². The predicted molar refractivity (Wildman–Crippen MR) is 74.8 cm³/mol. The number of allylic oxidation sites excluding steroid dienone is 2. The standard InChI is InChI=1S/C16H22O4/c1-3-5-7-13-11-9-8-10(12(17)6-4-2)15(18)14(11)16(19)20-13/h7,10,15,18H,3-6,8-9H2,1-2H3/t10-,15-/m1/s1. The molecule has 1 aliphatic heterocycles. The van der Waals surface area contributed by atoms with E-state index >= 15 is 0 Å². The molecule has 2 atom stereocenters. The van der Waals surface area contributed by atoms with Gasteiger partial charge in [-0.05, 0) is 31.8 Å². The van der Waals surface area contributed by atoms with Crippen LogP contribution in [0.3, 0.4) is 0 Å². The minimum absolute atomic E-state index is 0.0466. The van der Waals surface area contributed by atoms with Gasteiger partial charge in [-0.25, -0.2) is 4.79 Å². The van der Waals surface area contributed by atoms with Gasteiger partial charge in [0.1, 0.15) is 11.5 Å². The van der Waals surface area contributed by atoms with Gasteiger partial charge in [-0.15, -0.1) is 0 Å². The lowest BCUT2D eigenvalue weighted by molar-refractivity contribution is -0.135. The molecule has 110 valence electrons. The molecular formula is C16H22O4. The maximum atomic E-state index is 12.0. The Morgan fingerprint density at radius 1 is 1.40 bits per heavy atom. The minimum Gasteiger partial charge on any atom is -0.423 e. The highest BCUT2D eigenvalue weighted by Crippen LogP contribution is 2.40. The van der Waals surface area contributed by atoms with Crippen LogP contribution in [0.2, 0.25) is 0 Å². The first kappa shape index (κ1) is 15.0. The zero-order valence-electron chi connectivity index (χ0n) is 12.1. The number of hydrogen-bond acceptors (Lipinski definition) is 4. The summed E-state index contributed by atoms with van der Waals surface area (Å²) in [6.45, 7) is 3.99. The molecule has 0 radical (unpaired) electrons. The van der Waals surface area contributed by atoms with Crippen LogP contribution < -0.4 is 0 Å². The van der Waals surface area contributed by atoms with Crippen molar-refractivity contribution in [2.24, 2.45) is 5.92 Å². The van der Waals surface area contributed by atoms with E-state index < -0.39 is 18.0 Å². The van der Waals surface area contributed by atoms with Gasteiger partial charge in [0.05, 0.1) is 11.7 Å². The van der Waals surface area contributed by atoms with Crippen molar-refractivity contribution in [3.63, 3.8) is 0 Å². The van der Waals surface area contributed by atoms with Gasteiger partial charge in [0.2, 0.25) is 0 Å². The molecule has 0 aromatic heterocycles. The van der Waals surface area contributed by atoms with Gasteiger partial charge in [-0.1, -0.05) is 20.3 Å². The number of esters is 1. The highest BCUT2D eigenvalue weighted by molar-refractivity contribution is 5.97. The Morgan fingerprint density at radius 3 is 2.80 bits per heavy atom. The normalized spacial score (nSPS) is 27.8. The Morgan fingerprint density at radius 2 is 2.15 bits per heavy atom. The third-order valence-corrected chi connectivity index (χ3v) is 3.96. The minimum atomic E-state index is -1.00. The number of Topliss-reactive ketones (excluding diaryl/α,β-unsaturated/α-hetero) is 1. The number of carbonyl (C=O) groups excluding carboxylic acids is 2. The number of ketones is 1. The third kappa shape index (κ3) is 2.70. The van der Waals surface area contributed by atoms with Gasteiger partial charge >= 0.3 is 5.97 Å². The number of carbonyl (C=O) groups is 2. The van der Waals surface area contributed by atoms with Crippen LogP contribution in [0.15, 0.2) is 23.0 Å². The lowest BCUT2D eigenvalue weighted by Crippen LogP contribution is -2.34. The molecule has 20 heavy (non-hydrogen) atoms. The number of cyclic esters (lactones) is 1. The second kappa shape index (κ2) is 6.35. The van der Waals surface area contributed by atoms with E-state index in [0.717, 1.165) is 24.8 Å². The summed E-state index contributed by atoms with van der Waals surface area (Å²) in [5, 5.41) is 10.3. The molecule has 1 aliphatic carbocycles. The van der Waals surface area contributed by atoms with Crippen molar-refractivity contribution in [2.75, 3.05) is 0 Å². The highest BCUT2D eigenvalue weighted by Gasteiger charge is 2.43. The number of rotatable bonds is 5. The maximum absolute atomic E-state index is 12.0. The average molecular weight is 278 g/mol. The van der Waals surface area contributed by atoms with E-state index in [9.17, 15) is 14.7 Å². The van der Waals surface area contributed by atoms with Crippen LogP contribution in [-0.2, 0) is 14.3 Å². The van der Waals surface area contributed by atoms with Gasteiger partial charge in [-0.3, -0.25) is 4.79 Å². The summed E-state index contributed by atoms with van der Waals surface area (Å²) in [5.74, 6) is -0.298. The van der Waals surface area contributed by atoms with E-state index in [1.165, 1.54) is 0 Å². The number of aliphatic hydroxyl groups excluding tert-OH is 1. The number of aliphatic hydroxyl groups is 1. The zero-order valence-corrected chi connectivity index (χ0v) is 12.1. The second-order valence-corrected chi connectivity index (χ2v) is 5.45. The molecule has 4 nitrogen and oxygen atoms in total. The fraction of sp³-hybridized carbons (Fsp3) is 0.625. The summed E-state index contributed by atoms with van der Waals surface area (Å²) >= 11 is 0. The van der Waals surface area contributed by atoms with Crippen molar-refractivity contribution < 1.29 is 19.4 Å². The molecule has 4 heteroatoms. The maximum Gasteiger partial charge on any atom is 0.342 e. The predicted octanol–water partition coefficient (Wildman–Crippen LogP) is 2.66. The zero-order chi connectivity index (χ0) is 14.7. The molecule has 0 aromatic carbocycles. The SMILES string of the molecule is CCCC=C1OC(=O)C2=C1CC[C@H](C(=O)CCC)[C@H]2O. The summed E-state index contributed by atoms with van der Waals surface area (Å²) in [5.41, 5.74) is 1.12. The van der Waals surface area contributed by atoms with Gasteiger partial charge in [0.15, 0.2) is 0 Å². The molecular weight excluding hydrogens is 256 g/mol. The largest absolute Gasteiger partial charge is 0.423 e. The molecule has 2 rings (SSSR count). The Balaban J connectivity index is 2.24. The molecule has 0 unspecified atom stereocenters. The van der Waals surface area contributed by atoms with Crippen LogP contribution in [0.25, 0.3) is 0 Å². The van der Waals surface area contributed by atoms with Crippen molar-refractivity contribution in [1.29, 1.82) is 0 Å². The third-order valence-electron chi connectivity index (χ3n) is 3.96. The summed E-state index contributed by atoms with van der Waals surface area (Å²) in [4.78, 5) is 23.9. The van der Waals surface area contributed by atoms with Gasteiger partial charge in [-0.2, -0.15) is 0 Å². The molecule has 0 saturated heterocycles. The van der Waals surface area contributed by atoms with Crippen molar-refractivity contribution in [3.05, 3.63) is 23.0 Å². The van der Waals surface area contributed by atoms with Crippen molar-refractivity contribution in [1.82, 2.24) is 0 Å². The number of hydrogen-bond donors (Lipinski definition) is 1. The summed E-state index contributed by atoms with van der Waals surface area (Å²) < 4.78 is 5.25. The summed E-state index contributed by atoms with van der Waals surface area (Å²) in [6.07, 6.45) is 5.17. The molecule has 0 aromatic rings. The average Bonchev–Trinajstić information content (AvgIpc) is 2.74. The molecule has 0 saturated carbocycles. The summed E-state index contributed by atoms with van der Waals surface area (Å²) in [6, 6.07) is 0. The number of ether oxygens (including phenoxy) is 1. The first-order chi connectivity index (χ1) is 9.60. The molecule has 1 N–H and O–H groups in total. The first-order valence-corrected chi connectivity index (χ1v) is 7.46. The second-order valence-electron chi connectivity index (χ2n) is 5.45. The number of unbranched alkanes of at least 4 members (excludes halogenated alkanes) is 1. The Hall–Kier alpha value is -1.42. The van der Waals surface area contributed by atoms with E-state index in [-0.39, 0.29) is 5.78 Å². The molecule has 0 spiro atoms. The van der Waals surface area contributed by atoms with Crippen molar-refractivity contribution >= 4 is 11.8 Å². The molecule has 2 aliphatic rings. The summed E-state index contributed by atoms with van der Waals surface area (Å²) in [7, 11) is 0. The van der Waals surface area contributed by atoms with Crippen LogP contribution in [0.1, 0.15) is 52.4 Å². The van der Waals surface area contributed by atoms with Gasteiger partial charge < -0.3 is 9.84 Å². The van der Waals surface area contributed by atoms with E-state index in [2.05, 4.69) is 6.92 Å². The lowest BCUT2D eigenvalue weighted by Gasteiger charge is -2.26. The smallest absolute Gasteiger partial charge is 0.342 e. The molecule has 1 heterocycles. The fourth-order valence-electron chi connectivity index (χ4n) is 2.90. The van der Waals surface area contributed by atoms with Crippen molar-refractivity contribution in [3.8, 4) is 0 Å². The topological polar surface area (TPSA) is 63.6 Å². The fourth-order valence-corrected chi connectivity index (χ4v) is 2.90. The monoisotopic (exact) mass is 278 g/mol. The van der Waals surface area contributed by atoms with E-state index in [1.807, 2.05) is 13.0 Å². The van der Waals surface area contributed by atoms with Crippen LogP contribution in [-0.4, -0.2) is 23.0 Å². The van der Waals surface area contributed by atoms with E-state index in [4.69, 9.17) is 4.74 Å². The van der Waals surface area contributed by atoms with Crippen molar-refractivity contribution in [2.45, 2.75) is 58.5 Å². The van der Waals surface area contributed by atoms with Crippen LogP contribution in [0.4, 0.5) is 0 Å². The van der Waals surface area contributed by atoms with Crippen LogP contribution >= 0.6 is 0 Å². The molecule has 0 bridgehead atoms.